The number of esters is 1. The van der Waals surface area contributed by atoms with Gasteiger partial charge < -0.3 is 9.30 Å². The van der Waals surface area contributed by atoms with E-state index in [9.17, 15) is 9.59 Å². The molecular formula is C27H22ClNO3. The van der Waals surface area contributed by atoms with Crippen LogP contribution in [0.15, 0.2) is 72.8 Å². The molecule has 0 spiro atoms. The third kappa shape index (κ3) is 3.51. The standard InChI is InChI=1S/C27H22ClNO3/c1-32-27(31)21-8-5-9-22-25(21)26-23(29(22)16-17-6-3-2-4-7-17)14-19(15-24(26)30)18-10-12-20(28)13-11-18/h2-13,19H,14-16H2,1H3. The van der Waals surface area contributed by atoms with Crippen LogP contribution in [0, 0.1) is 0 Å². The molecule has 1 aliphatic rings. The zero-order valence-electron chi connectivity index (χ0n) is 17.7. The van der Waals surface area contributed by atoms with Crippen LogP contribution < -0.4 is 0 Å². The average molecular weight is 444 g/mol. The Labute approximate surface area is 191 Å². The quantitative estimate of drug-likeness (QED) is 0.361. The molecule has 1 atom stereocenters. The number of rotatable bonds is 4. The van der Waals surface area contributed by atoms with Crippen molar-refractivity contribution in [1.29, 1.82) is 0 Å². The fourth-order valence-corrected chi connectivity index (χ4v) is 4.92. The molecule has 0 N–H and O–H groups in total. The van der Waals surface area contributed by atoms with Crippen molar-refractivity contribution in [3.63, 3.8) is 0 Å². The maximum Gasteiger partial charge on any atom is 0.338 e. The summed E-state index contributed by atoms with van der Waals surface area (Å²) >= 11 is 6.08. The van der Waals surface area contributed by atoms with E-state index in [4.69, 9.17) is 16.3 Å². The normalized spacial score (nSPS) is 15.6. The van der Waals surface area contributed by atoms with E-state index in [1.807, 2.05) is 54.6 Å². The summed E-state index contributed by atoms with van der Waals surface area (Å²) in [5.41, 5.74) is 5.17. The fourth-order valence-electron chi connectivity index (χ4n) is 4.79. The number of hydrogen-bond donors (Lipinski definition) is 0. The third-order valence-electron chi connectivity index (χ3n) is 6.28. The molecule has 1 unspecified atom stereocenters. The summed E-state index contributed by atoms with van der Waals surface area (Å²) in [5, 5.41) is 1.38. The lowest BCUT2D eigenvalue weighted by molar-refractivity contribution is 0.0603. The molecule has 5 heteroatoms. The van der Waals surface area contributed by atoms with Crippen LogP contribution in [-0.2, 0) is 17.7 Å². The molecule has 0 fully saturated rings. The monoisotopic (exact) mass is 443 g/mol. The molecule has 4 aromatic rings. The molecule has 0 saturated heterocycles. The summed E-state index contributed by atoms with van der Waals surface area (Å²) < 4.78 is 7.21. The average Bonchev–Trinajstić information content (AvgIpc) is 3.13. The van der Waals surface area contributed by atoms with Crippen molar-refractivity contribution in [2.75, 3.05) is 7.11 Å². The smallest absolute Gasteiger partial charge is 0.338 e. The summed E-state index contributed by atoms with van der Waals surface area (Å²) in [4.78, 5) is 26.0. The van der Waals surface area contributed by atoms with E-state index in [1.165, 1.54) is 7.11 Å². The largest absolute Gasteiger partial charge is 0.465 e. The summed E-state index contributed by atoms with van der Waals surface area (Å²) in [5.74, 6) is -0.310. The Kier molecular flexibility index (Phi) is 5.32. The highest BCUT2D eigenvalue weighted by atomic mass is 35.5. The van der Waals surface area contributed by atoms with Gasteiger partial charge >= 0.3 is 5.97 Å². The minimum Gasteiger partial charge on any atom is -0.465 e. The lowest BCUT2D eigenvalue weighted by Crippen LogP contribution is -2.21. The molecule has 32 heavy (non-hydrogen) atoms. The zero-order valence-corrected chi connectivity index (χ0v) is 18.4. The van der Waals surface area contributed by atoms with E-state index in [0.29, 0.717) is 40.9 Å². The minimum absolute atomic E-state index is 0.0550. The molecule has 0 amide bonds. The van der Waals surface area contributed by atoms with Gasteiger partial charge in [-0.25, -0.2) is 4.79 Å². The van der Waals surface area contributed by atoms with Gasteiger partial charge in [0.25, 0.3) is 0 Å². The van der Waals surface area contributed by atoms with Crippen LogP contribution in [0.4, 0.5) is 0 Å². The number of nitrogens with zero attached hydrogens (tertiary/aromatic N) is 1. The van der Waals surface area contributed by atoms with Gasteiger partial charge in [0.1, 0.15) is 0 Å². The summed E-state index contributed by atoms with van der Waals surface area (Å²) in [6, 6.07) is 23.4. The predicted molar refractivity (Wildman–Crippen MR) is 126 cm³/mol. The number of Topliss-reactive ketones (excluding diaryl/α,β-unsaturated/α-hetero) is 1. The van der Waals surface area contributed by atoms with E-state index in [2.05, 4.69) is 16.7 Å². The lowest BCUT2D eigenvalue weighted by Gasteiger charge is -2.24. The molecule has 5 rings (SSSR count). The molecule has 0 bridgehead atoms. The number of aromatic nitrogens is 1. The van der Waals surface area contributed by atoms with Gasteiger partial charge in [-0.1, -0.05) is 60.1 Å². The Bertz CT molecular complexity index is 1320. The maximum atomic E-state index is 13.5. The number of fused-ring (bicyclic) bond motifs is 3. The number of carbonyl (C=O) groups excluding carboxylic acids is 2. The minimum atomic E-state index is -0.428. The Balaban J connectivity index is 1.71. The Morgan fingerprint density at radius 2 is 1.75 bits per heavy atom. The number of ketones is 1. The van der Waals surface area contributed by atoms with Crippen LogP contribution in [0.5, 0.6) is 0 Å². The van der Waals surface area contributed by atoms with Crippen molar-refractivity contribution in [2.45, 2.75) is 25.3 Å². The van der Waals surface area contributed by atoms with E-state index >= 15 is 0 Å². The van der Waals surface area contributed by atoms with Crippen molar-refractivity contribution in [1.82, 2.24) is 4.57 Å². The first-order valence-electron chi connectivity index (χ1n) is 10.6. The van der Waals surface area contributed by atoms with Gasteiger partial charge in [-0.15, -0.1) is 0 Å². The summed E-state index contributed by atoms with van der Waals surface area (Å²) in [7, 11) is 1.37. The molecule has 160 valence electrons. The second kappa shape index (κ2) is 8.29. The van der Waals surface area contributed by atoms with Crippen LogP contribution >= 0.6 is 11.6 Å². The van der Waals surface area contributed by atoms with Gasteiger partial charge in [0.2, 0.25) is 0 Å². The highest BCUT2D eigenvalue weighted by molar-refractivity contribution is 6.30. The molecule has 1 aliphatic carbocycles. The molecule has 4 nitrogen and oxygen atoms in total. The highest BCUT2D eigenvalue weighted by Gasteiger charge is 2.33. The van der Waals surface area contributed by atoms with E-state index in [1.54, 1.807) is 6.07 Å². The predicted octanol–water partition coefficient (Wildman–Crippen LogP) is 6.04. The number of hydrogen-bond acceptors (Lipinski definition) is 3. The number of halogens is 1. The maximum absolute atomic E-state index is 13.5. The second-order valence-corrected chi connectivity index (χ2v) is 8.60. The Hall–Kier alpha value is -3.37. The van der Waals surface area contributed by atoms with Crippen molar-refractivity contribution in [3.05, 3.63) is 106 Å². The van der Waals surface area contributed by atoms with Gasteiger partial charge in [-0.05, 0) is 47.7 Å². The Morgan fingerprint density at radius 3 is 2.47 bits per heavy atom. The van der Waals surface area contributed by atoms with Crippen LogP contribution in [0.25, 0.3) is 10.9 Å². The van der Waals surface area contributed by atoms with Gasteiger partial charge in [-0.2, -0.15) is 0 Å². The number of carbonyl (C=O) groups is 2. The molecule has 1 heterocycles. The second-order valence-electron chi connectivity index (χ2n) is 8.16. The van der Waals surface area contributed by atoms with Gasteiger partial charge in [0, 0.05) is 34.6 Å². The zero-order chi connectivity index (χ0) is 22.2. The van der Waals surface area contributed by atoms with E-state index in [0.717, 1.165) is 22.3 Å². The fraction of sp³-hybridized carbons (Fsp3) is 0.185. The van der Waals surface area contributed by atoms with Crippen molar-refractivity contribution in [2.24, 2.45) is 0 Å². The van der Waals surface area contributed by atoms with E-state index < -0.39 is 5.97 Å². The number of ether oxygens (including phenoxy) is 1. The first-order chi connectivity index (χ1) is 15.6. The third-order valence-corrected chi connectivity index (χ3v) is 6.53. The molecule has 0 radical (unpaired) electrons. The Morgan fingerprint density at radius 1 is 1.00 bits per heavy atom. The van der Waals surface area contributed by atoms with E-state index in [-0.39, 0.29) is 11.7 Å². The van der Waals surface area contributed by atoms with Crippen LogP contribution in [0.2, 0.25) is 5.02 Å². The van der Waals surface area contributed by atoms with Crippen molar-refractivity contribution in [3.8, 4) is 0 Å². The molecule has 0 aliphatic heterocycles. The van der Waals surface area contributed by atoms with Crippen LogP contribution in [-0.4, -0.2) is 23.4 Å². The molecular weight excluding hydrogens is 422 g/mol. The van der Waals surface area contributed by atoms with Crippen LogP contribution in [0.3, 0.4) is 0 Å². The first-order valence-corrected chi connectivity index (χ1v) is 11.0. The van der Waals surface area contributed by atoms with Crippen LogP contribution in [0.1, 0.15) is 49.9 Å². The van der Waals surface area contributed by atoms with Crippen molar-refractivity contribution >= 4 is 34.3 Å². The SMILES string of the molecule is COC(=O)c1cccc2c1c1c(n2Cc2ccccc2)CC(c2ccc(Cl)cc2)CC1=O. The first kappa shape index (κ1) is 20.5. The van der Waals surface area contributed by atoms with Gasteiger partial charge in [-0.3, -0.25) is 4.79 Å². The number of methoxy groups -OCH3 is 1. The summed E-state index contributed by atoms with van der Waals surface area (Å²) in [6.45, 7) is 0.623. The van der Waals surface area contributed by atoms with Gasteiger partial charge in [0.15, 0.2) is 5.78 Å². The molecule has 1 aromatic heterocycles. The van der Waals surface area contributed by atoms with Crippen molar-refractivity contribution < 1.29 is 14.3 Å². The summed E-state index contributed by atoms with van der Waals surface area (Å²) in [6.07, 6.45) is 1.11. The van der Waals surface area contributed by atoms with Gasteiger partial charge in [0.05, 0.1) is 18.2 Å². The topological polar surface area (TPSA) is 48.3 Å². The number of benzene rings is 3. The molecule has 0 saturated carbocycles. The lowest BCUT2D eigenvalue weighted by atomic mass is 9.81. The highest BCUT2D eigenvalue weighted by Crippen LogP contribution is 2.40. The molecule has 3 aromatic carbocycles.